The summed E-state index contributed by atoms with van der Waals surface area (Å²) in [5.41, 5.74) is -1.58. The van der Waals surface area contributed by atoms with E-state index in [2.05, 4.69) is 9.71 Å². The first kappa shape index (κ1) is 14.9. The highest BCUT2D eigenvalue weighted by molar-refractivity contribution is 8.03. The van der Waals surface area contributed by atoms with E-state index in [0.717, 1.165) is 18.0 Å². The van der Waals surface area contributed by atoms with E-state index in [4.69, 9.17) is 5.26 Å². The van der Waals surface area contributed by atoms with Crippen molar-refractivity contribution in [3.8, 4) is 5.40 Å². The molecule has 0 saturated carbocycles. The lowest BCUT2D eigenvalue weighted by molar-refractivity contribution is 0.599. The van der Waals surface area contributed by atoms with Crippen LogP contribution in [0.1, 0.15) is 0 Å². The molecule has 2 rings (SSSR count). The van der Waals surface area contributed by atoms with Gasteiger partial charge in [-0.1, -0.05) is 0 Å². The van der Waals surface area contributed by atoms with E-state index in [-0.39, 0.29) is 5.69 Å². The number of aromatic amines is 2. The van der Waals surface area contributed by atoms with Crippen LogP contribution in [0, 0.1) is 10.7 Å². The lowest BCUT2D eigenvalue weighted by Gasteiger charge is -2.07. The highest BCUT2D eigenvalue weighted by atomic mass is 32.2. The van der Waals surface area contributed by atoms with Gasteiger partial charge >= 0.3 is 5.69 Å². The third-order valence-corrected chi connectivity index (χ3v) is 4.33. The van der Waals surface area contributed by atoms with Gasteiger partial charge in [-0.2, -0.15) is 5.26 Å². The zero-order valence-electron chi connectivity index (χ0n) is 10.3. The van der Waals surface area contributed by atoms with Crippen molar-refractivity contribution >= 4 is 27.5 Å². The normalized spacial score (nSPS) is 10.8. The molecular weight excluding hydrogens is 316 g/mol. The largest absolute Gasteiger partial charge is 0.325 e. The van der Waals surface area contributed by atoms with Gasteiger partial charge in [0.25, 0.3) is 15.6 Å². The molecule has 0 atom stereocenters. The summed E-state index contributed by atoms with van der Waals surface area (Å²) in [4.78, 5) is 26.3. The van der Waals surface area contributed by atoms with Crippen LogP contribution in [0.2, 0.25) is 0 Å². The van der Waals surface area contributed by atoms with Crippen molar-refractivity contribution in [2.75, 3.05) is 4.72 Å². The van der Waals surface area contributed by atoms with Crippen molar-refractivity contribution in [1.29, 1.82) is 5.26 Å². The number of nitriles is 1. The molecule has 3 N–H and O–H groups in total. The quantitative estimate of drug-likeness (QED) is 0.551. The molecule has 8 nitrogen and oxygen atoms in total. The van der Waals surface area contributed by atoms with Crippen LogP contribution in [0.5, 0.6) is 0 Å². The van der Waals surface area contributed by atoms with Crippen LogP contribution in [0.4, 0.5) is 5.69 Å². The van der Waals surface area contributed by atoms with Gasteiger partial charge in [0.05, 0.1) is 0 Å². The molecule has 0 fully saturated rings. The minimum Gasteiger partial charge on any atom is -0.313 e. The third kappa shape index (κ3) is 3.53. The maximum Gasteiger partial charge on any atom is 0.325 e. The summed E-state index contributed by atoms with van der Waals surface area (Å²) < 4.78 is 26.3. The van der Waals surface area contributed by atoms with Gasteiger partial charge in [-0.15, -0.1) is 0 Å². The molecule has 1 heterocycles. The molecule has 0 aliphatic heterocycles. The smallest absolute Gasteiger partial charge is 0.313 e. The Labute approximate surface area is 122 Å². The lowest BCUT2D eigenvalue weighted by atomic mass is 10.3. The Hall–Kier alpha value is -2.51. The fourth-order valence-corrected chi connectivity index (χ4v) is 2.89. The molecule has 0 saturated heterocycles. The van der Waals surface area contributed by atoms with Crippen LogP contribution in [-0.4, -0.2) is 18.4 Å². The van der Waals surface area contributed by atoms with Crippen molar-refractivity contribution in [2.45, 2.75) is 9.79 Å². The number of hydrogen-bond acceptors (Lipinski definition) is 6. The van der Waals surface area contributed by atoms with E-state index in [1.165, 1.54) is 12.1 Å². The second-order valence-corrected chi connectivity index (χ2v) is 6.27. The predicted octanol–water partition coefficient (Wildman–Crippen LogP) is 0.437. The molecule has 0 unspecified atom stereocenters. The zero-order chi connectivity index (χ0) is 15.5. The number of thioether (sulfide) groups is 1. The summed E-state index contributed by atoms with van der Waals surface area (Å²) in [6, 6.07) is 6.03. The number of aromatic nitrogens is 2. The molecule has 108 valence electrons. The summed E-state index contributed by atoms with van der Waals surface area (Å²) in [6.45, 7) is 0. The number of anilines is 1. The van der Waals surface area contributed by atoms with Gasteiger partial charge in [-0.3, -0.25) is 14.5 Å². The van der Waals surface area contributed by atoms with Crippen molar-refractivity contribution in [3.05, 3.63) is 51.3 Å². The first-order valence-electron chi connectivity index (χ1n) is 5.43. The van der Waals surface area contributed by atoms with Crippen LogP contribution in [0.3, 0.4) is 0 Å². The molecule has 0 radical (unpaired) electrons. The molecular formula is C11H8N4O4S2. The summed E-state index contributed by atoms with van der Waals surface area (Å²) in [6.07, 6.45) is 0.823. The van der Waals surface area contributed by atoms with Gasteiger partial charge in [-0.05, 0) is 36.0 Å². The molecule has 21 heavy (non-hydrogen) atoms. The van der Waals surface area contributed by atoms with Crippen LogP contribution in [-0.2, 0) is 10.0 Å². The van der Waals surface area contributed by atoms with Crippen LogP contribution in [0.15, 0.2) is 49.8 Å². The minimum absolute atomic E-state index is 0.225. The molecule has 0 aliphatic rings. The predicted molar refractivity (Wildman–Crippen MR) is 76.4 cm³/mol. The molecule has 0 bridgehead atoms. The van der Waals surface area contributed by atoms with Gasteiger partial charge in [0.2, 0.25) is 0 Å². The Bertz CT molecular complexity index is 907. The van der Waals surface area contributed by atoms with E-state index in [1.807, 2.05) is 10.4 Å². The van der Waals surface area contributed by atoms with Gasteiger partial charge < -0.3 is 4.98 Å². The maximum atomic E-state index is 12.0. The Morgan fingerprint density at radius 2 is 1.86 bits per heavy atom. The molecule has 0 aliphatic carbocycles. The van der Waals surface area contributed by atoms with Crippen molar-refractivity contribution < 1.29 is 8.42 Å². The molecule has 10 heteroatoms. The standard InChI is InChI=1S/C11H8N4O4S2/c12-6-20-8-3-1-7(2-4-8)15-21(18,19)9-5-13-11(17)14-10(9)16/h1-5,15H,(H2,13,14,16,17). The molecule has 1 aromatic heterocycles. The Balaban J connectivity index is 2.31. The number of nitrogens with one attached hydrogen (secondary N) is 3. The highest BCUT2D eigenvalue weighted by Crippen LogP contribution is 2.20. The molecule has 2 aromatic rings. The average molecular weight is 324 g/mol. The summed E-state index contributed by atoms with van der Waals surface area (Å²) in [5.74, 6) is 0. The first-order valence-corrected chi connectivity index (χ1v) is 7.73. The number of thiocyanates is 1. The summed E-state index contributed by atoms with van der Waals surface area (Å²) in [7, 11) is -4.12. The van der Waals surface area contributed by atoms with Gasteiger partial charge in [0.15, 0.2) is 4.90 Å². The topological polar surface area (TPSA) is 136 Å². The number of sulfonamides is 1. The van der Waals surface area contributed by atoms with E-state index in [9.17, 15) is 18.0 Å². The van der Waals surface area contributed by atoms with E-state index in [1.54, 1.807) is 12.1 Å². The van der Waals surface area contributed by atoms with Crippen LogP contribution in [0.25, 0.3) is 0 Å². The van der Waals surface area contributed by atoms with Crippen LogP contribution >= 0.6 is 11.8 Å². The van der Waals surface area contributed by atoms with Crippen LogP contribution < -0.4 is 16.0 Å². The summed E-state index contributed by atoms with van der Waals surface area (Å²) in [5, 5.41) is 10.4. The van der Waals surface area contributed by atoms with E-state index < -0.39 is 26.2 Å². The lowest BCUT2D eigenvalue weighted by Crippen LogP contribution is -2.29. The monoisotopic (exact) mass is 324 g/mol. The summed E-state index contributed by atoms with van der Waals surface area (Å²) >= 11 is 0.936. The number of H-pyrrole nitrogens is 2. The Morgan fingerprint density at radius 3 is 2.43 bits per heavy atom. The van der Waals surface area contributed by atoms with Gasteiger partial charge in [0, 0.05) is 16.8 Å². The maximum absolute atomic E-state index is 12.0. The van der Waals surface area contributed by atoms with E-state index >= 15 is 0 Å². The molecule has 0 spiro atoms. The first-order chi connectivity index (χ1) is 9.92. The highest BCUT2D eigenvalue weighted by Gasteiger charge is 2.18. The minimum atomic E-state index is -4.12. The molecule has 0 amide bonds. The SMILES string of the molecule is N#CSc1ccc(NS(=O)(=O)c2c[nH]c(=O)[nH]c2=O)cc1. The fourth-order valence-electron chi connectivity index (χ4n) is 1.45. The molecule has 1 aromatic carbocycles. The third-order valence-electron chi connectivity index (χ3n) is 2.34. The van der Waals surface area contributed by atoms with Crippen molar-refractivity contribution in [2.24, 2.45) is 0 Å². The Kier molecular flexibility index (Phi) is 4.15. The number of hydrogen-bond donors (Lipinski definition) is 3. The second kappa shape index (κ2) is 5.86. The Morgan fingerprint density at radius 1 is 1.19 bits per heavy atom. The zero-order valence-corrected chi connectivity index (χ0v) is 11.9. The van der Waals surface area contributed by atoms with Gasteiger partial charge in [0.1, 0.15) is 5.40 Å². The number of rotatable bonds is 4. The second-order valence-electron chi connectivity index (χ2n) is 3.76. The van der Waals surface area contributed by atoms with E-state index in [0.29, 0.717) is 4.90 Å². The van der Waals surface area contributed by atoms with Crippen molar-refractivity contribution in [1.82, 2.24) is 9.97 Å². The van der Waals surface area contributed by atoms with Gasteiger partial charge in [-0.25, -0.2) is 13.2 Å². The average Bonchev–Trinajstić information content (AvgIpc) is 2.40. The number of nitrogens with zero attached hydrogens (tertiary/aromatic N) is 1. The fraction of sp³-hybridized carbons (Fsp3) is 0. The van der Waals surface area contributed by atoms with Crippen molar-refractivity contribution in [3.63, 3.8) is 0 Å². The number of benzene rings is 1.